The normalized spacial score (nSPS) is 12.5. The van der Waals surface area contributed by atoms with Crippen LogP contribution in [0.3, 0.4) is 0 Å². The van der Waals surface area contributed by atoms with E-state index in [1.807, 2.05) is 6.92 Å². The molecule has 0 radical (unpaired) electrons. The van der Waals surface area contributed by atoms with Crippen LogP contribution in [-0.4, -0.2) is 65.0 Å². The average Bonchev–Trinajstić information content (AvgIpc) is 2.64. The molecule has 0 bridgehead atoms. The van der Waals surface area contributed by atoms with E-state index in [2.05, 4.69) is 5.10 Å². The van der Waals surface area contributed by atoms with Crippen LogP contribution in [0.1, 0.15) is 21.7 Å². The average molecular weight is 304 g/mol. The lowest BCUT2D eigenvalue weighted by molar-refractivity contribution is 0.0379. The van der Waals surface area contributed by atoms with Crippen molar-refractivity contribution in [2.75, 3.05) is 33.2 Å². The first-order valence-electron chi connectivity index (χ1n) is 6.44. The van der Waals surface area contributed by atoms with E-state index in [0.717, 1.165) is 5.69 Å². The number of carbonyl (C=O) groups excluding carboxylic acids is 1. The number of nitrogens with zero attached hydrogens (tertiary/aromatic N) is 3. The number of rotatable bonds is 7. The van der Waals surface area contributed by atoms with Crippen LogP contribution >= 0.6 is 11.6 Å². The molecule has 0 aliphatic rings. The summed E-state index contributed by atoms with van der Waals surface area (Å²) in [5, 5.41) is 14.0. The van der Waals surface area contributed by atoms with Gasteiger partial charge in [0.25, 0.3) is 5.91 Å². The molecule has 7 heteroatoms. The molecule has 0 aromatic carbocycles. The number of hydrogen-bond donors (Lipinski definition) is 1. The van der Waals surface area contributed by atoms with Crippen molar-refractivity contribution in [3.63, 3.8) is 0 Å². The van der Waals surface area contributed by atoms with Crippen molar-refractivity contribution in [1.29, 1.82) is 0 Å². The largest absolute Gasteiger partial charge is 0.389 e. The zero-order chi connectivity index (χ0) is 15.3. The van der Waals surface area contributed by atoms with Crippen molar-refractivity contribution in [2.24, 2.45) is 0 Å². The van der Waals surface area contributed by atoms with Crippen LogP contribution < -0.4 is 0 Å². The number of carbonyl (C=O) groups is 1. The van der Waals surface area contributed by atoms with Crippen LogP contribution in [0, 0.1) is 13.8 Å². The highest BCUT2D eigenvalue weighted by molar-refractivity contribution is 6.17. The summed E-state index contributed by atoms with van der Waals surface area (Å²) in [6.07, 6.45) is -0.701. The molecule has 1 N–H and O–H groups in total. The van der Waals surface area contributed by atoms with Gasteiger partial charge in [0.05, 0.1) is 30.5 Å². The van der Waals surface area contributed by atoms with E-state index >= 15 is 0 Å². The zero-order valence-corrected chi connectivity index (χ0v) is 13.1. The van der Waals surface area contributed by atoms with Gasteiger partial charge >= 0.3 is 0 Å². The van der Waals surface area contributed by atoms with E-state index in [4.69, 9.17) is 16.3 Å². The number of halogens is 1. The molecule has 20 heavy (non-hydrogen) atoms. The number of aromatic nitrogens is 2. The Hall–Kier alpha value is -1.11. The molecule has 1 amide bonds. The van der Waals surface area contributed by atoms with Crippen LogP contribution in [0.5, 0.6) is 0 Å². The maximum absolute atomic E-state index is 12.4. The summed E-state index contributed by atoms with van der Waals surface area (Å²) in [6.45, 7) is 4.62. The van der Waals surface area contributed by atoms with Gasteiger partial charge in [0.15, 0.2) is 0 Å². The first-order valence-corrected chi connectivity index (χ1v) is 6.98. The summed E-state index contributed by atoms with van der Waals surface area (Å²) in [5.74, 6) is 0.286. The molecule has 6 nitrogen and oxygen atoms in total. The Balaban J connectivity index is 2.86. The molecule has 1 rings (SSSR count). The quantitative estimate of drug-likeness (QED) is 0.757. The highest BCUT2D eigenvalue weighted by Gasteiger charge is 2.22. The van der Waals surface area contributed by atoms with Gasteiger partial charge in [-0.25, -0.2) is 0 Å². The van der Waals surface area contributed by atoms with Crippen LogP contribution in [-0.2, 0) is 11.3 Å². The molecule has 114 valence electrons. The van der Waals surface area contributed by atoms with Gasteiger partial charge in [-0.3, -0.25) is 9.48 Å². The maximum Gasteiger partial charge on any atom is 0.257 e. The summed E-state index contributed by atoms with van der Waals surface area (Å²) < 4.78 is 6.59. The zero-order valence-electron chi connectivity index (χ0n) is 12.4. The van der Waals surface area contributed by atoms with Crippen molar-refractivity contribution < 1.29 is 14.6 Å². The topological polar surface area (TPSA) is 67.6 Å². The second kappa shape index (κ2) is 7.61. The Bertz CT molecular complexity index is 462. The number of methoxy groups -OCH3 is 1. The van der Waals surface area contributed by atoms with Crippen molar-refractivity contribution >= 4 is 17.5 Å². The number of aliphatic hydroxyl groups is 1. The lowest BCUT2D eigenvalue weighted by Gasteiger charge is -2.20. The summed E-state index contributed by atoms with van der Waals surface area (Å²) in [5.41, 5.74) is 2.04. The first-order chi connectivity index (χ1) is 9.42. The summed E-state index contributed by atoms with van der Waals surface area (Å²) >= 11 is 5.71. The van der Waals surface area contributed by atoms with Crippen LogP contribution in [0.2, 0.25) is 0 Å². The third-order valence-electron chi connectivity index (χ3n) is 3.08. The van der Waals surface area contributed by atoms with E-state index in [-0.39, 0.29) is 19.1 Å². The lowest BCUT2D eigenvalue weighted by atomic mass is 10.1. The Morgan fingerprint density at radius 1 is 1.55 bits per heavy atom. The fraction of sp³-hybridized carbons (Fsp3) is 0.692. The molecule has 1 unspecified atom stereocenters. The minimum atomic E-state index is -0.701. The van der Waals surface area contributed by atoms with Crippen LogP contribution in [0.15, 0.2) is 0 Å². The number of ether oxygens (including phenoxy) is 1. The molecule has 1 atom stereocenters. The van der Waals surface area contributed by atoms with Crippen LogP contribution in [0.25, 0.3) is 0 Å². The van der Waals surface area contributed by atoms with Gasteiger partial charge in [0.1, 0.15) is 0 Å². The molecule has 0 spiro atoms. The highest BCUT2D eigenvalue weighted by Crippen LogP contribution is 2.15. The predicted molar refractivity (Wildman–Crippen MR) is 77.3 cm³/mol. The number of hydrogen-bond acceptors (Lipinski definition) is 4. The van der Waals surface area contributed by atoms with Gasteiger partial charge in [0, 0.05) is 32.3 Å². The Morgan fingerprint density at radius 3 is 2.75 bits per heavy atom. The molecule has 1 aromatic heterocycles. The van der Waals surface area contributed by atoms with Crippen molar-refractivity contribution in [3.8, 4) is 0 Å². The van der Waals surface area contributed by atoms with Gasteiger partial charge in [-0.05, 0) is 13.8 Å². The second-order valence-electron chi connectivity index (χ2n) is 4.75. The molecule has 1 heterocycles. The third kappa shape index (κ3) is 3.94. The van der Waals surface area contributed by atoms with Gasteiger partial charge in [-0.15, -0.1) is 11.6 Å². The maximum atomic E-state index is 12.4. The molecular weight excluding hydrogens is 282 g/mol. The summed E-state index contributed by atoms with van der Waals surface area (Å²) in [7, 11) is 3.16. The van der Waals surface area contributed by atoms with Gasteiger partial charge < -0.3 is 14.7 Å². The standard InChI is InChI=1S/C13H22ClN3O3/c1-9-12(10(2)17(15-9)6-5-14)13(19)16(3)7-11(18)8-20-4/h11,18H,5-8H2,1-4H3. The molecule has 0 saturated carbocycles. The third-order valence-corrected chi connectivity index (χ3v) is 3.25. The van der Waals surface area contributed by atoms with Crippen molar-refractivity contribution in [2.45, 2.75) is 26.5 Å². The summed E-state index contributed by atoms with van der Waals surface area (Å²) in [4.78, 5) is 13.9. The molecule has 0 saturated heterocycles. The molecule has 0 aliphatic heterocycles. The molecule has 0 fully saturated rings. The first kappa shape index (κ1) is 16.9. The Labute approximate surface area is 124 Å². The van der Waals surface area contributed by atoms with Gasteiger partial charge in [0.2, 0.25) is 0 Å². The van der Waals surface area contributed by atoms with Crippen LogP contribution in [0.4, 0.5) is 0 Å². The van der Waals surface area contributed by atoms with Crippen molar-refractivity contribution in [3.05, 3.63) is 17.0 Å². The number of likely N-dealkylation sites (N-methyl/N-ethyl adjacent to an activating group) is 1. The fourth-order valence-electron chi connectivity index (χ4n) is 2.14. The number of aliphatic hydroxyl groups excluding tert-OH is 1. The number of alkyl halides is 1. The van der Waals surface area contributed by atoms with Crippen molar-refractivity contribution in [1.82, 2.24) is 14.7 Å². The molecule has 0 aliphatic carbocycles. The molecule has 1 aromatic rings. The lowest BCUT2D eigenvalue weighted by Crippen LogP contribution is -2.36. The Kier molecular flexibility index (Phi) is 6.45. The predicted octanol–water partition coefficient (Wildman–Crippen LogP) is 0.818. The van der Waals surface area contributed by atoms with E-state index in [1.54, 1.807) is 18.7 Å². The molecular formula is C13H22ClN3O3. The monoisotopic (exact) mass is 303 g/mol. The van der Waals surface area contributed by atoms with E-state index in [9.17, 15) is 9.90 Å². The highest BCUT2D eigenvalue weighted by atomic mass is 35.5. The summed E-state index contributed by atoms with van der Waals surface area (Å²) in [6, 6.07) is 0. The fourth-order valence-corrected chi connectivity index (χ4v) is 2.30. The van der Waals surface area contributed by atoms with Gasteiger partial charge in [-0.2, -0.15) is 5.10 Å². The minimum Gasteiger partial charge on any atom is -0.389 e. The van der Waals surface area contributed by atoms with E-state index in [0.29, 0.717) is 23.7 Å². The number of amides is 1. The second-order valence-corrected chi connectivity index (χ2v) is 5.13. The SMILES string of the molecule is COCC(O)CN(C)C(=O)c1c(C)nn(CCCl)c1C. The minimum absolute atomic E-state index is 0.157. The number of aryl methyl sites for hydroxylation is 2. The van der Waals surface area contributed by atoms with E-state index < -0.39 is 6.10 Å². The Morgan fingerprint density at radius 2 is 2.20 bits per heavy atom. The van der Waals surface area contributed by atoms with Gasteiger partial charge in [-0.1, -0.05) is 0 Å². The smallest absolute Gasteiger partial charge is 0.257 e. The van der Waals surface area contributed by atoms with E-state index in [1.165, 1.54) is 12.0 Å².